The summed E-state index contributed by atoms with van der Waals surface area (Å²) in [5.41, 5.74) is 1.67. The fraction of sp³-hybridized carbons (Fsp3) is 0.308. The smallest absolute Gasteiger partial charge is 0.354 e. The second-order valence-corrected chi connectivity index (χ2v) is 6.56. The highest BCUT2D eigenvalue weighted by Gasteiger charge is 2.15. The van der Waals surface area contributed by atoms with E-state index < -0.39 is 16.0 Å². The molecule has 2 rings (SSSR count). The first kappa shape index (κ1) is 15.2. The summed E-state index contributed by atoms with van der Waals surface area (Å²) < 4.78 is 24.7. The van der Waals surface area contributed by atoms with E-state index >= 15 is 0 Å². The number of hydrogen-bond donors (Lipinski definition) is 1. The van der Waals surface area contributed by atoms with E-state index in [1.165, 1.54) is 18.6 Å². The summed E-state index contributed by atoms with van der Waals surface area (Å²) in [7, 11) is -3.44. The van der Waals surface area contributed by atoms with Gasteiger partial charge in [0.1, 0.15) is 0 Å². The van der Waals surface area contributed by atoms with Gasteiger partial charge in [-0.2, -0.15) is 9.19 Å². The zero-order valence-electron chi connectivity index (χ0n) is 11.6. The van der Waals surface area contributed by atoms with Gasteiger partial charge in [-0.15, -0.1) is 0 Å². The highest BCUT2D eigenvalue weighted by atomic mass is 32.2. The molecule has 0 atom stereocenters. The lowest BCUT2D eigenvalue weighted by Gasteiger charge is -2.03. The second-order valence-electron chi connectivity index (χ2n) is 4.61. The number of carbonyl (C=O) groups is 1. The molecular formula is C13H15N3O4S. The molecule has 0 aromatic carbocycles. The third kappa shape index (κ3) is 3.10. The van der Waals surface area contributed by atoms with Gasteiger partial charge in [-0.05, 0) is 25.0 Å². The van der Waals surface area contributed by atoms with Crippen molar-refractivity contribution in [3.05, 3.63) is 35.9 Å². The Kier molecular flexibility index (Phi) is 4.08. The van der Waals surface area contributed by atoms with Crippen molar-refractivity contribution in [2.75, 3.05) is 5.75 Å². The van der Waals surface area contributed by atoms with Crippen LogP contribution in [-0.4, -0.2) is 39.4 Å². The van der Waals surface area contributed by atoms with E-state index in [1.807, 2.05) is 0 Å². The van der Waals surface area contributed by atoms with Gasteiger partial charge in [0.25, 0.3) is 10.0 Å². The van der Waals surface area contributed by atoms with Crippen molar-refractivity contribution < 1.29 is 18.3 Å². The minimum Gasteiger partial charge on any atom is -0.477 e. The molecule has 0 aliphatic carbocycles. The first-order chi connectivity index (χ1) is 9.85. The molecule has 0 fully saturated rings. The predicted molar refractivity (Wildman–Crippen MR) is 76.6 cm³/mol. The van der Waals surface area contributed by atoms with Crippen LogP contribution in [0.25, 0.3) is 11.1 Å². The van der Waals surface area contributed by atoms with Crippen molar-refractivity contribution in [1.82, 2.24) is 14.2 Å². The summed E-state index contributed by atoms with van der Waals surface area (Å²) in [4.78, 5) is 14.8. The molecule has 2 heterocycles. The van der Waals surface area contributed by atoms with Crippen LogP contribution in [0.1, 0.15) is 29.4 Å². The number of pyridine rings is 1. The lowest BCUT2D eigenvalue weighted by molar-refractivity contribution is 0.0689. The maximum atomic E-state index is 11.9. The van der Waals surface area contributed by atoms with Crippen molar-refractivity contribution in [3.8, 4) is 11.1 Å². The van der Waals surface area contributed by atoms with Crippen LogP contribution in [-0.2, 0) is 10.0 Å². The van der Waals surface area contributed by atoms with Gasteiger partial charge in [0.15, 0.2) is 5.69 Å². The standard InChI is InChI=1S/C13H15N3O4S/c1-3-4-21(19,20)16-8-11(7-15-16)10-5-9(2)12(13(17)18)14-6-10/h5-8H,3-4H2,1-2H3,(H,17,18). The van der Waals surface area contributed by atoms with Crippen LogP contribution in [0.5, 0.6) is 0 Å². The van der Waals surface area contributed by atoms with E-state index in [-0.39, 0.29) is 11.4 Å². The van der Waals surface area contributed by atoms with Crippen LogP contribution in [0.4, 0.5) is 0 Å². The predicted octanol–water partition coefficient (Wildman–Crippen LogP) is 1.54. The minimum atomic E-state index is -3.44. The Morgan fingerprint density at radius 3 is 2.62 bits per heavy atom. The summed E-state index contributed by atoms with van der Waals surface area (Å²) >= 11 is 0. The van der Waals surface area contributed by atoms with Crippen LogP contribution in [0.2, 0.25) is 0 Å². The lowest BCUT2D eigenvalue weighted by Crippen LogP contribution is -2.16. The summed E-state index contributed by atoms with van der Waals surface area (Å²) in [5.74, 6) is -1.08. The van der Waals surface area contributed by atoms with Crippen LogP contribution < -0.4 is 0 Å². The summed E-state index contributed by atoms with van der Waals surface area (Å²) in [6.07, 6.45) is 4.72. The fourth-order valence-corrected chi connectivity index (χ4v) is 3.08. The highest BCUT2D eigenvalue weighted by Crippen LogP contribution is 2.21. The van der Waals surface area contributed by atoms with Gasteiger partial charge in [0.2, 0.25) is 0 Å². The Labute approximate surface area is 122 Å². The number of aromatic nitrogens is 3. The molecule has 112 valence electrons. The average Bonchev–Trinajstić information content (AvgIpc) is 2.88. The normalized spacial score (nSPS) is 11.5. The number of carboxylic acid groups (broad SMARTS) is 1. The van der Waals surface area contributed by atoms with Gasteiger partial charge in [-0.3, -0.25) is 0 Å². The van der Waals surface area contributed by atoms with E-state index in [0.717, 1.165) is 4.09 Å². The third-order valence-electron chi connectivity index (χ3n) is 2.92. The zero-order chi connectivity index (χ0) is 15.6. The Morgan fingerprint density at radius 2 is 2.05 bits per heavy atom. The third-order valence-corrected chi connectivity index (χ3v) is 4.62. The first-order valence-electron chi connectivity index (χ1n) is 6.33. The summed E-state index contributed by atoms with van der Waals surface area (Å²) in [5, 5.41) is 12.8. The van der Waals surface area contributed by atoms with Gasteiger partial charge < -0.3 is 5.11 Å². The number of hydrogen-bond acceptors (Lipinski definition) is 5. The molecule has 0 amide bonds. The Hall–Kier alpha value is -2.22. The van der Waals surface area contributed by atoms with Gasteiger partial charge in [-0.25, -0.2) is 18.2 Å². The quantitative estimate of drug-likeness (QED) is 0.898. The maximum absolute atomic E-state index is 11.9. The SMILES string of the molecule is CCCS(=O)(=O)n1cc(-c2cnc(C(=O)O)c(C)c2)cn1. The molecule has 8 heteroatoms. The molecule has 0 saturated heterocycles. The summed E-state index contributed by atoms with van der Waals surface area (Å²) in [6, 6.07) is 1.64. The average molecular weight is 309 g/mol. The number of nitrogens with zero attached hydrogens (tertiary/aromatic N) is 3. The Morgan fingerprint density at radius 1 is 1.33 bits per heavy atom. The first-order valence-corrected chi connectivity index (χ1v) is 7.94. The molecule has 2 aromatic heterocycles. The summed E-state index contributed by atoms with van der Waals surface area (Å²) in [6.45, 7) is 3.41. The molecule has 0 saturated carbocycles. The molecule has 0 spiro atoms. The van der Waals surface area contributed by atoms with E-state index in [1.54, 1.807) is 19.9 Å². The van der Waals surface area contributed by atoms with Gasteiger partial charge in [-0.1, -0.05) is 6.92 Å². The van der Waals surface area contributed by atoms with E-state index in [9.17, 15) is 13.2 Å². The molecule has 0 unspecified atom stereocenters. The van der Waals surface area contributed by atoms with Crippen LogP contribution in [0, 0.1) is 6.92 Å². The highest BCUT2D eigenvalue weighted by molar-refractivity contribution is 7.89. The van der Waals surface area contributed by atoms with Gasteiger partial charge in [0.05, 0.1) is 18.1 Å². The van der Waals surface area contributed by atoms with E-state index in [2.05, 4.69) is 10.1 Å². The van der Waals surface area contributed by atoms with Crippen LogP contribution in [0.15, 0.2) is 24.7 Å². The molecule has 21 heavy (non-hydrogen) atoms. The van der Waals surface area contributed by atoms with Crippen molar-refractivity contribution in [2.24, 2.45) is 0 Å². The largest absolute Gasteiger partial charge is 0.477 e. The molecule has 0 bridgehead atoms. The number of aromatic carboxylic acids is 1. The van der Waals surface area contributed by atoms with E-state index in [0.29, 0.717) is 23.1 Å². The maximum Gasteiger partial charge on any atom is 0.354 e. The van der Waals surface area contributed by atoms with Crippen LogP contribution >= 0.6 is 0 Å². The van der Waals surface area contributed by atoms with Gasteiger partial charge >= 0.3 is 5.97 Å². The zero-order valence-corrected chi connectivity index (χ0v) is 12.5. The molecule has 0 radical (unpaired) electrons. The second kappa shape index (κ2) is 5.65. The fourth-order valence-electron chi connectivity index (χ4n) is 1.91. The van der Waals surface area contributed by atoms with Crippen molar-refractivity contribution in [1.29, 1.82) is 0 Å². The van der Waals surface area contributed by atoms with E-state index in [4.69, 9.17) is 5.11 Å². The minimum absolute atomic E-state index is 0.0172. The number of aryl methyl sites for hydroxylation is 1. The molecule has 0 aliphatic rings. The van der Waals surface area contributed by atoms with Crippen molar-refractivity contribution in [3.63, 3.8) is 0 Å². The number of rotatable bonds is 5. The molecule has 2 aromatic rings. The number of carboxylic acids is 1. The lowest BCUT2D eigenvalue weighted by atomic mass is 10.1. The topological polar surface area (TPSA) is 102 Å². The van der Waals surface area contributed by atoms with Crippen molar-refractivity contribution in [2.45, 2.75) is 20.3 Å². The molecular weight excluding hydrogens is 294 g/mol. The molecule has 1 N–H and O–H groups in total. The monoisotopic (exact) mass is 309 g/mol. The van der Waals surface area contributed by atoms with Crippen LogP contribution in [0.3, 0.4) is 0 Å². The Balaban J connectivity index is 2.39. The molecule has 7 nitrogen and oxygen atoms in total. The molecule has 0 aliphatic heterocycles. The Bertz CT molecular complexity index is 780. The van der Waals surface area contributed by atoms with Crippen molar-refractivity contribution >= 4 is 16.0 Å². The van der Waals surface area contributed by atoms with Gasteiger partial charge in [0, 0.05) is 17.3 Å².